The van der Waals surface area contributed by atoms with E-state index in [2.05, 4.69) is 15.1 Å². The van der Waals surface area contributed by atoms with Crippen molar-refractivity contribution in [1.82, 2.24) is 15.1 Å². The minimum absolute atomic E-state index is 0.441. The molecule has 3 saturated carbocycles. The van der Waals surface area contributed by atoms with Gasteiger partial charge < -0.3 is 10.2 Å². The third-order valence-electron chi connectivity index (χ3n) is 7.20. The van der Waals surface area contributed by atoms with Crippen molar-refractivity contribution in [3.05, 3.63) is 0 Å². The Bertz CT molecular complexity index is 423. The Morgan fingerprint density at radius 2 is 1.67 bits per heavy atom. The molecule has 5 aliphatic rings. The molecule has 21 heavy (non-hydrogen) atoms. The molecule has 2 bridgehead atoms. The summed E-state index contributed by atoms with van der Waals surface area (Å²) in [5.74, 6) is 4.39. The maximum Gasteiger partial charge on any atom is 0.226 e. The number of carbonyl (C=O) groups is 1. The molecule has 4 nitrogen and oxygen atoms in total. The number of nitrogens with zero attached hydrogens (tertiary/aromatic N) is 2. The van der Waals surface area contributed by atoms with Gasteiger partial charge >= 0.3 is 0 Å². The quantitative estimate of drug-likeness (QED) is 0.816. The van der Waals surface area contributed by atoms with Gasteiger partial charge in [-0.3, -0.25) is 9.69 Å². The van der Waals surface area contributed by atoms with E-state index in [9.17, 15) is 4.79 Å². The van der Waals surface area contributed by atoms with Crippen molar-refractivity contribution in [2.45, 2.75) is 31.7 Å². The normalized spacial score (nSPS) is 48.7. The molecule has 0 radical (unpaired) electrons. The standard InChI is InChI=1S/C17H27N3O/c21-17(16-14-11-1-2-12(9-11)15(14)16)20-7-5-19(6-8-20)13-3-4-18-10-13/h11-16,18H,1-10H2. The molecule has 1 N–H and O–H groups in total. The fourth-order valence-electron chi connectivity index (χ4n) is 6.12. The maximum absolute atomic E-state index is 12.8. The topological polar surface area (TPSA) is 35.6 Å². The van der Waals surface area contributed by atoms with E-state index in [-0.39, 0.29) is 0 Å². The van der Waals surface area contributed by atoms with Crippen LogP contribution in [0.25, 0.3) is 0 Å². The van der Waals surface area contributed by atoms with Gasteiger partial charge in [0.15, 0.2) is 0 Å². The van der Waals surface area contributed by atoms with Crippen LogP contribution in [-0.4, -0.2) is 61.0 Å². The highest BCUT2D eigenvalue weighted by atomic mass is 16.2. The summed E-state index contributed by atoms with van der Waals surface area (Å²) in [7, 11) is 0. The molecule has 2 heterocycles. The van der Waals surface area contributed by atoms with Gasteiger partial charge in [-0.15, -0.1) is 0 Å². The van der Waals surface area contributed by atoms with Gasteiger partial charge in [0.1, 0.15) is 0 Å². The summed E-state index contributed by atoms with van der Waals surface area (Å²) >= 11 is 0. The number of amides is 1. The van der Waals surface area contributed by atoms with E-state index in [4.69, 9.17) is 0 Å². The predicted molar refractivity (Wildman–Crippen MR) is 80.7 cm³/mol. The SMILES string of the molecule is O=C(C1C2C3CCC(C3)C12)N1CCN(C2CCNC2)CC1. The average Bonchev–Trinajstić information content (AvgIpc) is 2.97. The van der Waals surface area contributed by atoms with Crippen molar-refractivity contribution in [3.8, 4) is 0 Å². The van der Waals surface area contributed by atoms with E-state index in [0.717, 1.165) is 69.0 Å². The molecule has 0 aromatic rings. The van der Waals surface area contributed by atoms with Gasteiger partial charge in [-0.05, 0) is 55.9 Å². The van der Waals surface area contributed by atoms with Crippen LogP contribution in [0.1, 0.15) is 25.7 Å². The summed E-state index contributed by atoms with van der Waals surface area (Å²) < 4.78 is 0. The van der Waals surface area contributed by atoms with Gasteiger partial charge in [0.25, 0.3) is 0 Å². The van der Waals surface area contributed by atoms with Crippen LogP contribution in [0, 0.1) is 29.6 Å². The molecule has 2 saturated heterocycles. The number of nitrogens with one attached hydrogen (secondary N) is 1. The zero-order valence-corrected chi connectivity index (χ0v) is 12.8. The summed E-state index contributed by atoms with van der Waals surface area (Å²) in [5.41, 5.74) is 0. The molecule has 5 fully saturated rings. The first-order valence-corrected chi connectivity index (χ1v) is 9.06. The number of hydrogen-bond acceptors (Lipinski definition) is 3. The van der Waals surface area contributed by atoms with Gasteiger partial charge in [0.2, 0.25) is 5.91 Å². The van der Waals surface area contributed by atoms with Crippen LogP contribution in [0.2, 0.25) is 0 Å². The lowest BCUT2D eigenvalue weighted by Crippen LogP contribution is -2.53. The Hall–Kier alpha value is -0.610. The lowest BCUT2D eigenvalue weighted by Gasteiger charge is -2.38. The average molecular weight is 289 g/mol. The fourth-order valence-corrected chi connectivity index (χ4v) is 6.12. The van der Waals surface area contributed by atoms with Crippen molar-refractivity contribution in [1.29, 1.82) is 0 Å². The second kappa shape index (κ2) is 4.69. The van der Waals surface area contributed by atoms with Gasteiger partial charge in [0, 0.05) is 44.7 Å². The van der Waals surface area contributed by atoms with Crippen molar-refractivity contribution in [3.63, 3.8) is 0 Å². The van der Waals surface area contributed by atoms with Crippen LogP contribution in [0.3, 0.4) is 0 Å². The lowest BCUT2D eigenvalue weighted by atomic mass is 10.0. The summed E-state index contributed by atoms with van der Waals surface area (Å²) in [4.78, 5) is 17.6. The minimum Gasteiger partial charge on any atom is -0.340 e. The molecule has 5 unspecified atom stereocenters. The lowest BCUT2D eigenvalue weighted by molar-refractivity contribution is -0.135. The van der Waals surface area contributed by atoms with E-state index in [1.165, 1.54) is 25.7 Å². The van der Waals surface area contributed by atoms with Crippen LogP contribution < -0.4 is 5.32 Å². The Morgan fingerprint density at radius 3 is 2.29 bits per heavy atom. The molecule has 116 valence electrons. The van der Waals surface area contributed by atoms with Crippen LogP contribution in [-0.2, 0) is 4.79 Å². The smallest absolute Gasteiger partial charge is 0.226 e. The van der Waals surface area contributed by atoms with E-state index in [0.29, 0.717) is 11.8 Å². The molecule has 0 spiro atoms. The first-order chi connectivity index (χ1) is 10.3. The molecule has 0 aromatic carbocycles. The third-order valence-corrected chi connectivity index (χ3v) is 7.20. The Morgan fingerprint density at radius 1 is 0.952 bits per heavy atom. The summed E-state index contributed by atoms with van der Waals surface area (Å²) in [6.07, 6.45) is 5.56. The van der Waals surface area contributed by atoms with Crippen LogP contribution in [0.15, 0.2) is 0 Å². The van der Waals surface area contributed by atoms with Crippen LogP contribution in [0.4, 0.5) is 0 Å². The first-order valence-electron chi connectivity index (χ1n) is 9.06. The fraction of sp³-hybridized carbons (Fsp3) is 0.941. The number of piperazine rings is 1. The van der Waals surface area contributed by atoms with Gasteiger partial charge in [-0.1, -0.05) is 0 Å². The number of rotatable bonds is 2. The maximum atomic E-state index is 12.8. The van der Waals surface area contributed by atoms with Gasteiger partial charge in [-0.2, -0.15) is 0 Å². The molecule has 2 aliphatic heterocycles. The summed E-state index contributed by atoms with van der Waals surface area (Å²) in [5, 5.41) is 3.45. The zero-order valence-electron chi connectivity index (χ0n) is 12.8. The van der Waals surface area contributed by atoms with Crippen molar-refractivity contribution in [2.75, 3.05) is 39.3 Å². The summed E-state index contributed by atoms with van der Waals surface area (Å²) in [6, 6.07) is 0.721. The highest BCUT2D eigenvalue weighted by Gasteiger charge is 2.68. The van der Waals surface area contributed by atoms with E-state index >= 15 is 0 Å². The van der Waals surface area contributed by atoms with Crippen molar-refractivity contribution < 1.29 is 4.79 Å². The van der Waals surface area contributed by atoms with E-state index in [1.54, 1.807) is 0 Å². The highest BCUT2D eigenvalue weighted by molar-refractivity contribution is 5.83. The Kier molecular flexibility index (Phi) is 2.88. The monoisotopic (exact) mass is 289 g/mol. The number of fused-ring (bicyclic) bond motifs is 5. The third kappa shape index (κ3) is 1.91. The van der Waals surface area contributed by atoms with E-state index < -0.39 is 0 Å². The molecule has 5 rings (SSSR count). The largest absolute Gasteiger partial charge is 0.340 e. The van der Waals surface area contributed by atoms with Crippen LogP contribution >= 0.6 is 0 Å². The molecule has 0 aromatic heterocycles. The second-order valence-corrected chi connectivity index (χ2v) is 8.02. The molecule has 4 heteroatoms. The van der Waals surface area contributed by atoms with E-state index in [1.807, 2.05) is 0 Å². The molecular weight excluding hydrogens is 262 g/mol. The molecular formula is C17H27N3O. The van der Waals surface area contributed by atoms with Crippen molar-refractivity contribution in [2.24, 2.45) is 29.6 Å². The molecule has 3 aliphatic carbocycles. The molecule has 5 atom stereocenters. The highest BCUT2D eigenvalue weighted by Crippen LogP contribution is 2.69. The number of hydrogen-bond donors (Lipinski definition) is 1. The summed E-state index contributed by atoms with van der Waals surface area (Å²) in [6.45, 7) is 6.43. The Balaban J connectivity index is 1.18. The minimum atomic E-state index is 0.441. The van der Waals surface area contributed by atoms with Crippen LogP contribution in [0.5, 0.6) is 0 Å². The van der Waals surface area contributed by atoms with Gasteiger partial charge in [0.05, 0.1) is 0 Å². The van der Waals surface area contributed by atoms with Crippen molar-refractivity contribution >= 4 is 5.91 Å². The predicted octanol–water partition coefficient (Wildman–Crippen LogP) is 0.785. The Labute approximate surface area is 127 Å². The van der Waals surface area contributed by atoms with Gasteiger partial charge in [-0.25, -0.2) is 0 Å². The number of carbonyl (C=O) groups excluding carboxylic acids is 1. The second-order valence-electron chi connectivity index (χ2n) is 8.02. The zero-order chi connectivity index (χ0) is 14.0. The molecule has 1 amide bonds. The first kappa shape index (κ1) is 12.9.